The third kappa shape index (κ3) is 3.26. The highest BCUT2D eigenvalue weighted by molar-refractivity contribution is 7.89. The van der Waals surface area contributed by atoms with Gasteiger partial charge < -0.3 is 5.11 Å². The Morgan fingerprint density at radius 2 is 1.83 bits per heavy atom. The molecule has 4 nitrogen and oxygen atoms in total. The van der Waals surface area contributed by atoms with Crippen LogP contribution in [0.15, 0.2) is 47.4 Å². The Bertz CT molecular complexity index is 1070. The summed E-state index contributed by atoms with van der Waals surface area (Å²) < 4.78 is 29.1. The third-order valence-electron chi connectivity index (χ3n) is 8.13. The van der Waals surface area contributed by atoms with Gasteiger partial charge in [-0.3, -0.25) is 0 Å². The maximum Gasteiger partial charge on any atom is 0.240 e. The number of phenols is 1. The molecule has 0 amide bonds. The quantitative estimate of drug-likeness (QED) is 0.678. The first-order chi connectivity index (χ1) is 14.3. The number of fused-ring (bicyclic) bond motifs is 5. The fourth-order valence-corrected chi connectivity index (χ4v) is 8.15. The monoisotopic (exact) mass is 445 g/mol. The van der Waals surface area contributed by atoms with Crippen molar-refractivity contribution in [3.05, 3.63) is 58.6 Å². The number of phenolic OH excluding ortho intramolecular Hbond substituents is 1. The molecule has 2 saturated carbocycles. The van der Waals surface area contributed by atoms with E-state index in [0.29, 0.717) is 28.5 Å². The van der Waals surface area contributed by atoms with Crippen LogP contribution in [0, 0.1) is 17.3 Å². The van der Waals surface area contributed by atoms with Crippen molar-refractivity contribution in [3.8, 4) is 5.75 Å². The normalized spacial score (nSPS) is 32.9. The first kappa shape index (κ1) is 20.3. The molecule has 2 N–H and O–H groups in total. The minimum Gasteiger partial charge on any atom is -0.508 e. The maximum absolute atomic E-state index is 13.0. The largest absolute Gasteiger partial charge is 0.508 e. The molecule has 6 heteroatoms. The Kier molecular flexibility index (Phi) is 4.92. The summed E-state index contributed by atoms with van der Waals surface area (Å²) in [6, 6.07) is 12.2. The highest BCUT2D eigenvalue weighted by atomic mass is 35.5. The Morgan fingerprint density at radius 3 is 2.60 bits per heavy atom. The van der Waals surface area contributed by atoms with Gasteiger partial charge in [0.15, 0.2) is 0 Å². The van der Waals surface area contributed by atoms with Crippen LogP contribution in [0.2, 0.25) is 5.02 Å². The van der Waals surface area contributed by atoms with E-state index in [1.54, 1.807) is 24.3 Å². The number of halogens is 1. The summed E-state index contributed by atoms with van der Waals surface area (Å²) in [6.45, 7) is 2.29. The van der Waals surface area contributed by atoms with E-state index in [4.69, 9.17) is 11.6 Å². The Labute approximate surface area is 183 Å². The second-order valence-electron chi connectivity index (χ2n) is 9.55. The van der Waals surface area contributed by atoms with Crippen molar-refractivity contribution in [1.29, 1.82) is 0 Å². The maximum atomic E-state index is 13.0. The average Bonchev–Trinajstić information content (AvgIpc) is 3.03. The number of nitrogens with one attached hydrogen (secondary N) is 1. The molecule has 0 aromatic heterocycles. The molecular weight excluding hydrogens is 418 g/mol. The predicted octanol–water partition coefficient (Wildman–Crippen LogP) is 5.25. The lowest BCUT2D eigenvalue weighted by atomic mass is 9.55. The number of aryl methyl sites for hydroxylation is 1. The molecule has 160 valence electrons. The number of sulfonamides is 1. The van der Waals surface area contributed by atoms with Gasteiger partial charge in [-0.05, 0) is 109 Å². The first-order valence-electron chi connectivity index (χ1n) is 10.9. The lowest BCUT2D eigenvalue weighted by Crippen LogP contribution is -2.50. The second-order valence-corrected chi connectivity index (χ2v) is 11.7. The van der Waals surface area contributed by atoms with Gasteiger partial charge >= 0.3 is 0 Å². The molecular formula is C24H28ClNO3S. The molecule has 0 radical (unpaired) electrons. The predicted molar refractivity (Wildman–Crippen MR) is 118 cm³/mol. The summed E-state index contributed by atoms with van der Waals surface area (Å²) in [6.07, 6.45) is 6.18. The van der Waals surface area contributed by atoms with Gasteiger partial charge in [0.1, 0.15) is 5.75 Å². The Morgan fingerprint density at radius 1 is 1.07 bits per heavy atom. The number of hydrogen-bond acceptors (Lipinski definition) is 3. The molecule has 0 bridgehead atoms. The van der Waals surface area contributed by atoms with Crippen molar-refractivity contribution in [2.45, 2.75) is 62.3 Å². The molecule has 30 heavy (non-hydrogen) atoms. The fourth-order valence-electron chi connectivity index (χ4n) is 6.63. The lowest BCUT2D eigenvalue weighted by Gasteiger charge is -2.51. The van der Waals surface area contributed by atoms with Gasteiger partial charge in [0.25, 0.3) is 0 Å². The molecule has 2 aromatic rings. The summed E-state index contributed by atoms with van der Waals surface area (Å²) in [5.74, 6) is 1.99. The summed E-state index contributed by atoms with van der Waals surface area (Å²) >= 11 is 5.93. The van der Waals surface area contributed by atoms with Crippen molar-refractivity contribution < 1.29 is 13.5 Å². The van der Waals surface area contributed by atoms with E-state index in [9.17, 15) is 13.5 Å². The van der Waals surface area contributed by atoms with E-state index in [-0.39, 0.29) is 16.4 Å². The number of hydrogen-bond donors (Lipinski definition) is 2. The molecule has 0 unspecified atom stereocenters. The molecule has 0 aliphatic heterocycles. The van der Waals surface area contributed by atoms with Crippen LogP contribution in [-0.2, 0) is 16.4 Å². The number of aromatic hydroxyl groups is 1. The highest BCUT2D eigenvalue weighted by Crippen LogP contribution is 2.61. The van der Waals surface area contributed by atoms with E-state index in [1.165, 1.54) is 11.1 Å². The molecule has 5 rings (SSSR count). The van der Waals surface area contributed by atoms with Gasteiger partial charge in [-0.15, -0.1) is 0 Å². The van der Waals surface area contributed by atoms with Crippen LogP contribution < -0.4 is 4.72 Å². The molecule has 3 aliphatic rings. The van der Waals surface area contributed by atoms with E-state index in [2.05, 4.69) is 17.7 Å². The summed E-state index contributed by atoms with van der Waals surface area (Å²) in [4.78, 5) is 0.277. The average molecular weight is 446 g/mol. The van der Waals surface area contributed by atoms with Crippen molar-refractivity contribution in [3.63, 3.8) is 0 Å². The number of rotatable bonds is 3. The third-order valence-corrected chi connectivity index (χ3v) is 9.87. The summed E-state index contributed by atoms with van der Waals surface area (Å²) in [5.41, 5.74) is 2.67. The van der Waals surface area contributed by atoms with E-state index < -0.39 is 10.0 Å². The van der Waals surface area contributed by atoms with Crippen LogP contribution in [0.4, 0.5) is 0 Å². The minimum atomic E-state index is -3.57. The van der Waals surface area contributed by atoms with Gasteiger partial charge in [-0.25, -0.2) is 13.1 Å². The summed E-state index contributed by atoms with van der Waals surface area (Å²) in [7, 11) is -3.57. The SMILES string of the molecule is C[C@]12CC[C@@H]3c4ccc(O)cc4CC[C@H]3[C@@H]1CC[C@@H]2NS(=O)(=O)c1ccc(Cl)cc1. The van der Waals surface area contributed by atoms with E-state index in [0.717, 1.165) is 38.5 Å². The van der Waals surface area contributed by atoms with E-state index >= 15 is 0 Å². The smallest absolute Gasteiger partial charge is 0.240 e. The highest BCUT2D eigenvalue weighted by Gasteiger charge is 2.55. The molecule has 2 aromatic carbocycles. The van der Waals surface area contributed by atoms with Crippen molar-refractivity contribution in [1.82, 2.24) is 4.72 Å². The number of benzene rings is 2. The van der Waals surface area contributed by atoms with Crippen LogP contribution in [-0.4, -0.2) is 19.6 Å². The van der Waals surface area contributed by atoms with Crippen molar-refractivity contribution >= 4 is 21.6 Å². The van der Waals surface area contributed by atoms with Crippen LogP contribution >= 0.6 is 11.6 Å². The zero-order chi connectivity index (χ0) is 21.1. The molecule has 5 atom stereocenters. The van der Waals surface area contributed by atoms with Crippen LogP contribution in [0.3, 0.4) is 0 Å². The topological polar surface area (TPSA) is 66.4 Å². The van der Waals surface area contributed by atoms with Gasteiger partial charge in [0.05, 0.1) is 4.90 Å². The van der Waals surface area contributed by atoms with Crippen molar-refractivity contribution in [2.24, 2.45) is 17.3 Å². The van der Waals surface area contributed by atoms with E-state index in [1.807, 2.05) is 12.1 Å². The van der Waals surface area contributed by atoms with Gasteiger partial charge in [0.2, 0.25) is 10.0 Å². The summed E-state index contributed by atoms with van der Waals surface area (Å²) in [5, 5.41) is 10.4. The van der Waals surface area contributed by atoms with Crippen LogP contribution in [0.5, 0.6) is 5.75 Å². The molecule has 0 spiro atoms. The first-order valence-corrected chi connectivity index (χ1v) is 12.7. The lowest BCUT2D eigenvalue weighted by molar-refractivity contribution is 0.0462. The Balaban J connectivity index is 1.39. The van der Waals surface area contributed by atoms with Gasteiger partial charge in [0, 0.05) is 11.1 Å². The standard InChI is InChI=1S/C24H28ClNO3S/c1-24-13-12-20-19-9-5-17(27)14-15(19)2-8-21(20)22(24)10-11-23(24)26-30(28,29)18-6-3-16(25)4-7-18/h3-7,9,14,20-23,26-27H,2,8,10-13H2,1H3/t20-,21-,22+,23+,24+/m1/s1. The van der Waals surface area contributed by atoms with Crippen LogP contribution in [0.1, 0.15) is 56.1 Å². The van der Waals surface area contributed by atoms with Gasteiger partial charge in [-0.2, -0.15) is 0 Å². The van der Waals surface area contributed by atoms with Crippen LogP contribution in [0.25, 0.3) is 0 Å². The Hall–Kier alpha value is -1.56. The van der Waals surface area contributed by atoms with Gasteiger partial charge in [-0.1, -0.05) is 24.6 Å². The van der Waals surface area contributed by atoms with Crippen molar-refractivity contribution in [2.75, 3.05) is 0 Å². The molecule has 3 aliphatic carbocycles. The molecule has 0 heterocycles. The molecule has 0 saturated heterocycles. The minimum absolute atomic E-state index is 0.0188. The zero-order valence-electron chi connectivity index (χ0n) is 17.1. The zero-order valence-corrected chi connectivity index (χ0v) is 18.7. The fraction of sp³-hybridized carbons (Fsp3) is 0.500. The molecule has 2 fully saturated rings. The second kappa shape index (κ2) is 7.25.